The molecule has 0 amide bonds. The van der Waals surface area contributed by atoms with Gasteiger partial charge in [0.25, 0.3) is 0 Å². The fourth-order valence-corrected chi connectivity index (χ4v) is 2.59. The van der Waals surface area contributed by atoms with E-state index in [1.165, 1.54) is 16.9 Å². The first-order valence-corrected chi connectivity index (χ1v) is 8.45. The smallest absolute Gasteiger partial charge is 0.311 e. The molecule has 0 saturated carbocycles. The number of thiazole rings is 1. The summed E-state index contributed by atoms with van der Waals surface area (Å²) in [6.45, 7) is 6.50. The van der Waals surface area contributed by atoms with Crippen LogP contribution in [-0.4, -0.2) is 23.8 Å². The van der Waals surface area contributed by atoms with E-state index in [0.717, 1.165) is 5.56 Å². The molecule has 0 aliphatic heterocycles. The summed E-state index contributed by atoms with van der Waals surface area (Å²) in [5.74, 6) is 0.255. The number of hydrogen-bond acceptors (Lipinski definition) is 6. The van der Waals surface area contributed by atoms with Gasteiger partial charge >= 0.3 is 5.97 Å². The van der Waals surface area contributed by atoms with Crippen LogP contribution in [0.15, 0.2) is 34.7 Å². The number of nitrogens with zero attached hydrogens (tertiary/aromatic N) is 2. The maximum absolute atomic E-state index is 11.4. The molecular weight excluding hydrogens is 310 g/mol. The number of esters is 1. The zero-order valence-electron chi connectivity index (χ0n) is 13.6. The van der Waals surface area contributed by atoms with Gasteiger partial charge in [0.15, 0.2) is 0 Å². The summed E-state index contributed by atoms with van der Waals surface area (Å²) in [5, 5.41) is 6.65. The van der Waals surface area contributed by atoms with Crippen LogP contribution in [0.1, 0.15) is 43.5 Å². The van der Waals surface area contributed by atoms with Crippen molar-refractivity contribution in [3.05, 3.63) is 46.5 Å². The molecule has 23 heavy (non-hydrogen) atoms. The molecule has 1 N–H and O–H groups in total. The van der Waals surface area contributed by atoms with E-state index in [1.54, 1.807) is 13.1 Å². The summed E-state index contributed by atoms with van der Waals surface area (Å²) in [5.41, 5.74) is 5.89. The summed E-state index contributed by atoms with van der Waals surface area (Å²) in [7, 11) is 0. The Morgan fingerprint density at radius 1 is 1.39 bits per heavy atom. The molecule has 0 fully saturated rings. The van der Waals surface area contributed by atoms with Crippen LogP contribution in [0.2, 0.25) is 0 Å². The minimum absolute atomic E-state index is 0.187. The molecule has 0 radical (unpaired) electrons. The second kappa shape index (κ2) is 8.43. The number of aromatic nitrogens is 1. The summed E-state index contributed by atoms with van der Waals surface area (Å²) < 4.78 is 4.90. The Hall–Kier alpha value is -2.21. The third-order valence-corrected chi connectivity index (χ3v) is 3.96. The van der Waals surface area contributed by atoms with Gasteiger partial charge in [-0.1, -0.05) is 38.1 Å². The van der Waals surface area contributed by atoms with Crippen molar-refractivity contribution in [1.82, 2.24) is 4.98 Å². The average molecular weight is 331 g/mol. The number of carbonyl (C=O) groups is 1. The van der Waals surface area contributed by atoms with Crippen molar-refractivity contribution in [2.45, 2.75) is 33.1 Å². The van der Waals surface area contributed by atoms with Crippen molar-refractivity contribution >= 4 is 28.7 Å². The van der Waals surface area contributed by atoms with Crippen LogP contribution in [0.5, 0.6) is 0 Å². The van der Waals surface area contributed by atoms with Gasteiger partial charge in [0.1, 0.15) is 0 Å². The lowest BCUT2D eigenvalue weighted by Gasteiger charge is -2.04. The minimum Gasteiger partial charge on any atom is -0.466 e. The van der Waals surface area contributed by atoms with Gasteiger partial charge in [-0.3, -0.25) is 10.2 Å². The lowest BCUT2D eigenvalue weighted by molar-refractivity contribution is -0.142. The number of rotatable bonds is 7. The zero-order valence-corrected chi connectivity index (χ0v) is 14.4. The highest BCUT2D eigenvalue weighted by molar-refractivity contribution is 7.13. The van der Waals surface area contributed by atoms with E-state index in [1.807, 2.05) is 17.5 Å². The Morgan fingerprint density at radius 3 is 2.78 bits per heavy atom. The Kier molecular flexibility index (Phi) is 6.29. The van der Waals surface area contributed by atoms with Crippen LogP contribution in [0.3, 0.4) is 0 Å². The third kappa shape index (κ3) is 5.49. The van der Waals surface area contributed by atoms with Gasteiger partial charge in [-0.15, -0.1) is 11.3 Å². The fraction of sp³-hybridized carbons (Fsp3) is 0.353. The summed E-state index contributed by atoms with van der Waals surface area (Å²) in [4.78, 5) is 15.7. The first-order valence-electron chi connectivity index (χ1n) is 7.57. The van der Waals surface area contributed by atoms with Crippen molar-refractivity contribution in [3.8, 4) is 0 Å². The van der Waals surface area contributed by atoms with Crippen molar-refractivity contribution in [2.75, 3.05) is 12.0 Å². The van der Waals surface area contributed by atoms with Crippen molar-refractivity contribution in [1.29, 1.82) is 0 Å². The van der Waals surface area contributed by atoms with E-state index < -0.39 is 0 Å². The summed E-state index contributed by atoms with van der Waals surface area (Å²) in [6.07, 6.45) is 1.93. The summed E-state index contributed by atoms with van der Waals surface area (Å²) >= 11 is 1.41. The highest BCUT2D eigenvalue weighted by Gasteiger charge is 2.07. The molecule has 0 aliphatic carbocycles. The molecule has 2 rings (SSSR count). The third-order valence-electron chi connectivity index (χ3n) is 3.16. The molecule has 0 bridgehead atoms. The molecule has 1 aromatic heterocycles. The maximum Gasteiger partial charge on any atom is 0.311 e. The standard InChI is InChI=1S/C17H21N3O2S/c1-4-22-16(21)9-15-11-23-17(19-15)20-18-10-13-5-7-14(8-6-13)12(2)3/h5-8,10-12H,4,9H2,1-3H3,(H,19,20)/b18-10-. The van der Waals surface area contributed by atoms with Crippen LogP contribution >= 0.6 is 11.3 Å². The van der Waals surface area contributed by atoms with Gasteiger partial charge in [-0.25, -0.2) is 4.98 Å². The van der Waals surface area contributed by atoms with Crippen molar-refractivity contribution in [2.24, 2.45) is 5.10 Å². The second-order valence-corrected chi connectivity index (χ2v) is 6.18. The van der Waals surface area contributed by atoms with Gasteiger partial charge in [-0.05, 0) is 24.0 Å². The van der Waals surface area contributed by atoms with E-state index in [2.05, 4.69) is 41.5 Å². The van der Waals surface area contributed by atoms with Crippen LogP contribution in [0.4, 0.5) is 5.13 Å². The average Bonchev–Trinajstić information content (AvgIpc) is 2.95. The fourth-order valence-electron chi connectivity index (χ4n) is 1.93. The number of carbonyl (C=O) groups excluding carboxylic acids is 1. The molecule has 0 aliphatic rings. The quantitative estimate of drug-likeness (QED) is 0.476. The maximum atomic E-state index is 11.4. The molecule has 5 nitrogen and oxygen atoms in total. The SMILES string of the molecule is CCOC(=O)Cc1csc(N/N=C\c2ccc(C(C)C)cc2)n1. The largest absolute Gasteiger partial charge is 0.466 e. The van der Waals surface area contributed by atoms with Crippen LogP contribution < -0.4 is 5.43 Å². The van der Waals surface area contributed by atoms with Crippen molar-refractivity contribution < 1.29 is 9.53 Å². The lowest BCUT2D eigenvalue weighted by atomic mass is 10.0. The van der Waals surface area contributed by atoms with Crippen LogP contribution in [-0.2, 0) is 16.0 Å². The predicted octanol–water partition coefficient (Wildman–Crippen LogP) is 3.82. The molecule has 0 saturated heterocycles. The molecule has 2 aromatic rings. The van der Waals surface area contributed by atoms with E-state index in [0.29, 0.717) is 23.4 Å². The second-order valence-electron chi connectivity index (χ2n) is 5.32. The lowest BCUT2D eigenvalue weighted by Crippen LogP contribution is -2.07. The molecule has 1 heterocycles. The molecule has 1 aromatic carbocycles. The normalized spacial score (nSPS) is 11.1. The summed E-state index contributed by atoms with van der Waals surface area (Å²) in [6, 6.07) is 8.28. The van der Waals surface area contributed by atoms with Crippen LogP contribution in [0, 0.1) is 0 Å². The Morgan fingerprint density at radius 2 is 2.13 bits per heavy atom. The monoisotopic (exact) mass is 331 g/mol. The number of nitrogens with one attached hydrogen (secondary N) is 1. The van der Waals surface area contributed by atoms with Crippen LogP contribution in [0.25, 0.3) is 0 Å². The first kappa shape index (κ1) is 17.1. The number of anilines is 1. The number of hydrazone groups is 1. The molecule has 0 spiro atoms. The molecule has 0 atom stereocenters. The highest BCUT2D eigenvalue weighted by Crippen LogP contribution is 2.16. The minimum atomic E-state index is -0.266. The van der Waals surface area contributed by atoms with Crippen molar-refractivity contribution in [3.63, 3.8) is 0 Å². The number of hydrogen-bond donors (Lipinski definition) is 1. The van der Waals surface area contributed by atoms with E-state index in [9.17, 15) is 4.79 Å². The Labute approximate surface area is 140 Å². The molecule has 6 heteroatoms. The predicted molar refractivity (Wildman–Crippen MR) is 94.2 cm³/mol. The highest BCUT2D eigenvalue weighted by atomic mass is 32.1. The van der Waals surface area contributed by atoms with E-state index in [4.69, 9.17) is 4.74 Å². The molecular formula is C17H21N3O2S. The van der Waals surface area contributed by atoms with E-state index >= 15 is 0 Å². The van der Waals surface area contributed by atoms with Gasteiger partial charge in [-0.2, -0.15) is 5.10 Å². The first-order chi connectivity index (χ1) is 11.1. The molecule has 0 unspecified atom stereocenters. The zero-order chi connectivity index (χ0) is 16.7. The topological polar surface area (TPSA) is 63.6 Å². The van der Waals surface area contributed by atoms with Gasteiger partial charge < -0.3 is 4.74 Å². The van der Waals surface area contributed by atoms with Gasteiger partial charge in [0, 0.05) is 5.38 Å². The molecule has 122 valence electrons. The van der Waals surface area contributed by atoms with Gasteiger partial charge in [0.2, 0.25) is 5.13 Å². The van der Waals surface area contributed by atoms with Gasteiger partial charge in [0.05, 0.1) is 24.9 Å². The van der Waals surface area contributed by atoms with E-state index in [-0.39, 0.29) is 12.4 Å². The Bertz CT molecular complexity index is 663. The number of benzene rings is 1. The Balaban J connectivity index is 1.88. The number of ether oxygens (including phenoxy) is 1.